The number of hydrogen-bond donors (Lipinski definition) is 1. The molecule has 0 heterocycles. The van der Waals surface area contributed by atoms with Gasteiger partial charge in [0.05, 0.1) is 12.5 Å². The summed E-state index contributed by atoms with van der Waals surface area (Å²) in [5.41, 5.74) is 1.88. The molecule has 4 nitrogen and oxygen atoms in total. The van der Waals surface area contributed by atoms with E-state index in [1.54, 1.807) is 6.92 Å². The zero-order chi connectivity index (χ0) is 13.2. The summed E-state index contributed by atoms with van der Waals surface area (Å²) in [6.45, 7) is 2.60. The van der Waals surface area contributed by atoms with Crippen molar-refractivity contribution in [1.82, 2.24) is 5.32 Å². The Bertz CT molecular complexity index is 447. The van der Waals surface area contributed by atoms with Crippen LogP contribution < -0.4 is 5.32 Å². The Morgan fingerprint density at radius 1 is 1.44 bits per heavy atom. The maximum atomic E-state index is 11.3. The number of nitrogens with one attached hydrogen (secondary N) is 1. The van der Waals surface area contributed by atoms with E-state index in [0.29, 0.717) is 6.54 Å². The second-order valence-corrected chi connectivity index (χ2v) is 3.74. The summed E-state index contributed by atoms with van der Waals surface area (Å²) in [5, 5.41) is 11.4. The lowest BCUT2D eigenvalue weighted by Gasteiger charge is -2.06. The number of benzene rings is 1. The molecule has 94 valence electrons. The van der Waals surface area contributed by atoms with E-state index in [1.165, 1.54) is 6.08 Å². The SMILES string of the molecule is C/C(=C/C(=O)OCCC#N)NCc1ccccc1. The molecular weight excluding hydrogens is 228 g/mol. The number of nitriles is 1. The number of allylic oxidation sites excluding steroid dienone is 1. The molecular formula is C14H16N2O2. The summed E-state index contributed by atoms with van der Waals surface area (Å²) in [5.74, 6) is -0.427. The molecule has 0 unspecified atom stereocenters. The van der Waals surface area contributed by atoms with Crippen LogP contribution >= 0.6 is 0 Å². The highest BCUT2D eigenvalue weighted by atomic mass is 16.5. The first-order valence-electron chi connectivity index (χ1n) is 5.72. The molecule has 1 aromatic rings. The van der Waals surface area contributed by atoms with Gasteiger partial charge < -0.3 is 10.1 Å². The van der Waals surface area contributed by atoms with Crippen molar-refractivity contribution in [3.05, 3.63) is 47.7 Å². The summed E-state index contributed by atoms with van der Waals surface area (Å²) in [4.78, 5) is 11.3. The third-order valence-corrected chi connectivity index (χ3v) is 2.21. The van der Waals surface area contributed by atoms with Crippen molar-refractivity contribution in [2.45, 2.75) is 19.9 Å². The molecule has 0 saturated heterocycles. The molecule has 0 bridgehead atoms. The van der Waals surface area contributed by atoms with Crippen LogP contribution in [0.1, 0.15) is 18.9 Å². The highest BCUT2D eigenvalue weighted by Crippen LogP contribution is 1.99. The normalized spacial score (nSPS) is 10.6. The van der Waals surface area contributed by atoms with Crippen molar-refractivity contribution in [2.75, 3.05) is 6.61 Å². The molecule has 0 amide bonds. The van der Waals surface area contributed by atoms with E-state index in [4.69, 9.17) is 10.00 Å². The standard InChI is InChI=1S/C14H16N2O2/c1-12(10-14(17)18-9-5-8-15)16-11-13-6-3-2-4-7-13/h2-4,6-7,10,16H,5,9,11H2,1H3/b12-10-. The van der Waals surface area contributed by atoms with Crippen LogP contribution in [0.5, 0.6) is 0 Å². The molecule has 0 aliphatic carbocycles. The number of carbonyl (C=O) groups excluding carboxylic acids is 1. The fourth-order valence-corrected chi connectivity index (χ4v) is 1.30. The third kappa shape index (κ3) is 5.71. The molecule has 4 heteroatoms. The van der Waals surface area contributed by atoms with Crippen molar-refractivity contribution in [3.8, 4) is 6.07 Å². The lowest BCUT2D eigenvalue weighted by Crippen LogP contribution is -2.13. The molecule has 18 heavy (non-hydrogen) atoms. The van der Waals surface area contributed by atoms with Crippen LogP contribution in [0.25, 0.3) is 0 Å². The number of hydrogen-bond acceptors (Lipinski definition) is 4. The lowest BCUT2D eigenvalue weighted by molar-refractivity contribution is -0.137. The summed E-state index contributed by atoms with van der Waals surface area (Å²) in [6, 6.07) is 11.8. The Kier molecular flexibility index (Phi) is 6.05. The van der Waals surface area contributed by atoms with Gasteiger partial charge in [0.25, 0.3) is 0 Å². The van der Waals surface area contributed by atoms with Crippen molar-refractivity contribution >= 4 is 5.97 Å². The van der Waals surface area contributed by atoms with Crippen LogP contribution in [0.2, 0.25) is 0 Å². The highest BCUT2D eigenvalue weighted by molar-refractivity contribution is 5.82. The number of carbonyl (C=O) groups is 1. The minimum Gasteiger partial charge on any atom is -0.461 e. The van der Waals surface area contributed by atoms with Gasteiger partial charge in [-0.15, -0.1) is 0 Å². The summed E-state index contributed by atoms with van der Waals surface area (Å²) in [6.07, 6.45) is 1.61. The highest BCUT2D eigenvalue weighted by Gasteiger charge is 1.99. The van der Waals surface area contributed by atoms with Gasteiger partial charge in [0.1, 0.15) is 6.61 Å². The molecule has 1 aromatic carbocycles. The first-order chi connectivity index (χ1) is 8.72. The molecule has 0 spiro atoms. The quantitative estimate of drug-likeness (QED) is 0.473. The average Bonchev–Trinajstić information content (AvgIpc) is 2.38. The van der Waals surface area contributed by atoms with Crippen molar-refractivity contribution in [2.24, 2.45) is 0 Å². The van der Waals surface area contributed by atoms with E-state index in [1.807, 2.05) is 36.4 Å². The van der Waals surface area contributed by atoms with E-state index in [-0.39, 0.29) is 13.0 Å². The van der Waals surface area contributed by atoms with Crippen molar-refractivity contribution in [1.29, 1.82) is 5.26 Å². The molecule has 1 rings (SSSR count). The molecule has 0 aliphatic rings. The maximum absolute atomic E-state index is 11.3. The van der Waals surface area contributed by atoms with Gasteiger partial charge in [0, 0.05) is 18.3 Å². The third-order valence-electron chi connectivity index (χ3n) is 2.21. The molecule has 0 aliphatic heterocycles. The lowest BCUT2D eigenvalue weighted by atomic mass is 10.2. The van der Waals surface area contributed by atoms with Gasteiger partial charge in [0.2, 0.25) is 0 Å². The predicted octanol–water partition coefficient (Wildman–Crippen LogP) is 2.14. The van der Waals surface area contributed by atoms with Crippen LogP contribution in [0.15, 0.2) is 42.1 Å². The van der Waals surface area contributed by atoms with Crippen LogP contribution in [0, 0.1) is 11.3 Å². The summed E-state index contributed by atoms with van der Waals surface area (Å²) < 4.78 is 4.83. The molecule has 0 aromatic heterocycles. The van der Waals surface area contributed by atoms with Gasteiger partial charge >= 0.3 is 5.97 Å². The van der Waals surface area contributed by atoms with Gasteiger partial charge in [-0.05, 0) is 12.5 Å². The second-order valence-electron chi connectivity index (χ2n) is 3.74. The van der Waals surface area contributed by atoms with Crippen molar-refractivity contribution in [3.63, 3.8) is 0 Å². The smallest absolute Gasteiger partial charge is 0.332 e. The Morgan fingerprint density at radius 3 is 2.83 bits per heavy atom. The van der Waals surface area contributed by atoms with Gasteiger partial charge in [-0.25, -0.2) is 4.79 Å². The van der Waals surface area contributed by atoms with Gasteiger partial charge in [-0.2, -0.15) is 5.26 Å². The first-order valence-corrected chi connectivity index (χ1v) is 5.72. The van der Waals surface area contributed by atoms with Crippen LogP contribution in [0.3, 0.4) is 0 Å². The number of esters is 1. The van der Waals surface area contributed by atoms with Gasteiger partial charge in [-0.1, -0.05) is 30.3 Å². The van der Waals surface area contributed by atoms with Gasteiger partial charge in [0.15, 0.2) is 0 Å². The minimum absolute atomic E-state index is 0.137. The van der Waals surface area contributed by atoms with Crippen LogP contribution in [-0.4, -0.2) is 12.6 Å². The largest absolute Gasteiger partial charge is 0.461 e. The monoisotopic (exact) mass is 244 g/mol. The summed E-state index contributed by atoms with van der Waals surface area (Å²) >= 11 is 0. The summed E-state index contributed by atoms with van der Waals surface area (Å²) in [7, 11) is 0. The molecule has 0 fully saturated rings. The van der Waals surface area contributed by atoms with E-state index in [2.05, 4.69) is 5.32 Å². The maximum Gasteiger partial charge on any atom is 0.332 e. The van der Waals surface area contributed by atoms with Crippen LogP contribution in [-0.2, 0) is 16.1 Å². The fraction of sp³-hybridized carbons (Fsp3) is 0.286. The number of ether oxygens (including phenoxy) is 1. The zero-order valence-electron chi connectivity index (χ0n) is 10.3. The van der Waals surface area contributed by atoms with Crippen molar-refractivity contribution < 1.29 is 9.53 Å². The van der Waals surface area contributed by atoms with Crippen LogP contribution in [0.4, 0.5) is 0 Å². The Balaban J connectivity index is 2.33. The Labute approximate surface area is 107 Å². The minimum atomic E-state index is -0.427. The predicted molar refractivity (Wildman–Crippen MR) is 68.2 cm³/mol. The number of nitrogens with zero attached hydrogens (tertiary/aromatic N) is 1. The molecule has 0 atom stereocenters. The second kappa shape index (κ2) is 7.91. The Hall–Kier alpha value is -2.28. The average molecular weight is 244 g/mol. The molecule has 0 saturated carbocycles. The topological polar surface area (TPSA) is 62.1 Å². The number of rotatable bonds is 6. The van der Waals surface area contributed by atoms with E-state index in [0.717, 1.165) is 11.3 Å². The Morgan fingerprint density at radius 2 is 2.17 bits per heavy atom. The van der Waals surface area contributed by atoms with E-state index < -0.39 is 5.97 Å². The molecule has 1 N–H and O–H groups in total. The molecule has 0 radical (unpaired) electrons. The van der Waals surface area contributed by atoms with E-state index in [9.17, 15) is 4.79 Å². The van der Waals surface area contributed by atoms with Gasteiger partial charge in [-0.3, -0.25) is 0 Å². The zero-order valence-corrected chi connectivity index (χ0v) is 10.3. The first kappa shape index (κ1) is 13.8. The fourth-order valence-electron chi connectivity index (χ4n) is 1.30. The van der Waals surface area contributed by atoms with E-state index >= 15 is 0 Å².